The van der Waals surface area contributed by atoms with Gasteiger partial charge >= 0.3 is 0 Å². The predicted octanol–water partition coefficient (Wildman–Crippen LogP) is 4.84. The first-order valence-electron chi connectivity index (χ1n) is 7.36. The van der Waals surface area contributed by atoms with Gasteiger partial charge in [0.05, 0.1) is 0 Å². The molecular formula is C18H22BrNO. The maximum absolute atomic E-state index is 5.89. The lowest BCUT2D eigenvalue weighted by atomic mass is 10.1. The molecule has 2 aromatic rings. The first kappa shape index (κ1) is 16.1. The monoisotopic (exact) mass is 347 g/mol. The summed E-state index contributed by atoms with van der Waals surface area (Å²) in [5.74, 6) is 0.909. The SMILES string of the molecule is CCCNCc1cc(OCc2ccc(C)cc2)ccc1Br. The van der Waals surface area contributed by atoms with Crippen LogP contribution in [0.25, 0.3) is 0 Å². The van der Waals surface area contributed by atoms with Gasteiger partial charge in [-0.1, -0.05) is 52.7 Å². The van der Waals surface area contributed by atoms with Gasteiger partial charge in [-0.25, -0.2) is 0 Å². The van der Waals surface area contributed by atoms with Crippen molar-refractivity contribution in [1.82, 2.24) is 5.32 Å². The smallest absolute Gasteiger partial charge is 0.120 e. The number of benzene rings is 2. The number of hydrogen-bond donors (Lipinski definition) is 1. The van der Waals surface area contributed by atoms with E-state index in [1.54, 1.807) is 0 Å². The van der Waals surface area contributed by atoms with Gasteiger partial charge in [-0.3, -0.25) is 0 Å². The van der Waals surface area contributed by atoms with Crippen LogP contribution >= 0.6 is 15.9 Å². The molecular weight excluding hydrogens is 326 g/mol. The molecule has 0 aliphatic rings. The maximum Gasteiger partial charge on any atom is 0.120 e. The highest BCUT2D eigenvalue weighted by molar-refractivity contribution is 9.10. The van der Waals surface area contributed by atoms with Gasteiger partial charge in [0.1, 0.15) is 12.4 Å². The van der Waals surface area contributed by atoms with E-state index in [1.165, 1.54) is 16.7 Å². The highest BCUT2D eigenvalue weighted by atomic mass is 79.9. The summed E-state index contributed by atoms with van der Waals surface area (Å²) in [6.45, 7) is 6.75. The summed E-state index contributed by atoms with van der Waals surface area (Å²) < 4.78 is 7.00. The van der Waals surface area contributed by atoms with Gasteiger partial charge in [-0.15, -0.1) is 0 Å². The van der Waals surface area contributed by atoms with Crippen LogP contribution in [0.2, 0.25) is 0 Å². The molecule has 0 saturated carbocycles. The quantitative estimate of drug-likeness (QED) is 0.723. The van der Waals surface area contributed by atoms with Crippen LogP contribution in [0.3, 0.4) is 0 Å². The van der Waals surface area contributed by atoms with Crippen LogP contribution in [-0.4, -0.2) is 6.54 Å². The van der Waals surface area contributed by atoms with E-state index in [4.69, 9.17) is 4.74 Å². The van der Waals surface area contributed by atoms with Gasteiger partial charge in [0, 0.05) is 11.0 Å². The summed E-state index contributed by atoms with van der Waals surface area (Å²) >= 11 is 3.59. The number of ether oxygens (including phenoxy) is 1. The van der Waals surface area contributed by atoms with Crippen LogP contribution in [0.1, 0.15) is 30.0 Å². The van der Waals surface area contributed by atoms with E-state index >= 15 is 0 Å². The standard InChI is InChI=1S/C18H22BrNO/c1-3-10-20-12-16-11-17(8-9-18(16)19)21-13-15-6-4-14(2)5-7-15/h4-9,11,20H,3,10,12-13H2,1-2H3. The summed E-state index contributed by atoms with van der Waals surface area (Å²) in [4.78, 5) is 0. The minimum atomic E-state index is 0.601. The molecule has 0 atom stereocenters. The second-order valence-corrected chi connectivity index (χ2v) is 6.06. The Morgan fingerprint density at radius 1 is 1.10 bits per heavy atom. The minimum absolute atomic E-state index is 0.601. The predicted molar refractivity (Wildman–Crippen MR) is 91.7 cm³/mol. The van der Waals surface area contributed by atoms with Crippen molar-refractivity contribution in [1.29, 1.82) is 0 Å². The van der Waals surface area contributed by atoms with Crippen molar-refractivity contribution in [3.63, 3.8) is 0 Å². The van der Waals surface area contributed by atoms with Crippen LogP contribution in [0.5, 0.6) is 5.75 Å². The first-order valence-corrected chi connectivity index (χ1v) is 8.16. The normalized spacial score (nSPS) is 10.6. The molecule has 0 aromatic heterocycles. The topological polar surface area (TPSA) is 21.3 Å². The zero-order valence-corrected chi connectivity index (χ0v) is 14.2. The third-order valence-corrected chi connectivity index (χ3v) is 4.06. The van der Waals surface area contributed by atoms with Crippen molar-refractivity contribution in [2.75, 3.05) is 6.54 Å². The molecule has 0 bridgehead atoms. The Kier molecular flexibility index (Phi) is 6.27. The summed E-state index contributed by atoms with van der Waals surface area (Å²) in [6.07, 6.45) is 1.14. The Morgan fingerprint density at radius 3 is 2.57 bits per heavy atom. The summed E-state index contributed by atoms with van der Waals surface area (Å²) in [7, 11) is 0. The summed E-state index contributed by atoms with van der Waals surface area (Å²) in [5.41, 5.74) is 3.69. The molecule has 112 valence electrons. The highest BCUT2D eigenvalue weighted by Crippen LogP contribution is 2.23. The van der Waals surface area contributed by atoms with Gasteiger partial charge in [-0.05, 0) is 49.2 Å². The van der Waals surface area contributed by atoms with Crippen molar-refractivity contribution in [3.05, 3.63) is 63.6 Å². The second kappa shape index (κ2) is 8.20. The third kappa shape index (κ3) is 5.18. The highest BCUT2D eigenvalue weighted by Gasteiger charge is 2.03. The third-order valence-electron chi connectivity index (χ3n) is 3.29. The van der Waals surface area contributed by atoms with Gasteiger partial charge in [0.25, 0.3) is 0 Å². The molecule has 0 fully saturated rings. The lowest BCUT2D eigenvalue weighted by Gasteiger charge is -2.11. The van der Waals surface area contributed by atoms with Crippen molar-refractivity contribution in [3.8, 4) is 5.75 Å². The molecule has 1 N–H and O–H groups in total. The molecule has 0 unspecified atom stereocenters. The van der Waals surface area contributed by atoms with Crippen molar-refractivity contribution >= 4 is 15.9 Å². The van der Waals surface area contributed by atoms with E-state index in [2.05, 4.69) is 65.4 Å². The Morgan fingerprint density at radius 2 is 1.86 bits per heavy atom. The Hall–Kier alpha value is -1.32. The second-order valence-electron chi connectivity index (χ2n) is 5.20. The molecule has 0 saturated heterocycles. The minimum Gasteiger partial charge on any atom is -0.489 e. The van der Waals surface area contributed by atoms with Crippen molar-refractivity contribution < 1.29 is 4.74 Å². The summed E-state index contributed by atoms with van der Waals surface area (Å²) in [5, 5.41) is 3.41. The molecule has 3 heteroatoms. The van der Waals surface area contributed by atoms with E-state index in [1.807, 2.05) is 12.1 Å². The lowest BCUT2D eigenvalue weighted by Crippen LogP contribution is -2.14. The van der Waals surface area contributed by atoms with E-state index in [0.29, 0.717) is 6.61 Å². The fourth-order valence-corrected chi connectivity index (χ4v) is 2.41. The zero-order chi connectivity index (χ0) is 15.1. The van der Waals surface area contributed by atoms with Gasteiger partial charge in [0.2, 0.25) is 0 Å². The van der Waals surface area contributed by atoms with Gasteiger partial charge < -0.3 is 10.1 Å². The molecule has 2 aromatic carbocycles. The molecule has 2 nitrogen and oxygen atoms in total. The Bertz CT molecular complexity index is 566. The summed E-state index contributed by atoms with van der Waals surface area (Å²) in [6, 6.07) is 14.6. The molecule has 0 aliphatic heterocycles. The maximum atomic E-state index is 5.89. The number of hydrogen-bond acceptors (Lipinski definition) is 2. The lowest BCUT2D eigenvalue weighted by molar-refractivity contribution is 0.306. The van der Waals surface area contributed by atoms with E-state index in [-0.39, 0.29) is 0 Å². The van der Waals surface area contributed by atoms with E-state index in [9.17, 15) is 0 Å². The first-order chi connectivity index (χ1) is 10.2. The van der Waals surface area contributed by atoms with E-state index < -0.39 is 0 Å². The zero-order valence-electron chi connectivity index (χ0n) is 12.7. The van der Waals surface area contributed by atoms with Crippen LogP contribution < -0.4 is 10.1 Å². The average molecular weight is 348 g/mol. The molecule has 2 rings (SSSR count). The molecule has 0 radical (unpaired) electrons. The largest absolute Gasteiger partial charge is 0.489 e. The Balaban J connectivity index is 1.96. The molecule has 21 heavy (non-hydrogen) atoms. The van der Waals surface area contributed by atoms with Gasteiger partial charge in [0.15, 0.2) is 0 Å². The fourth-order valence-electron chi connectivity index (χ4n) is 2.03. The van der Waals surface area contributed by atoms with Crippen molar-refractivity contribution in [2.24, 2.45) is 0 Å². The molecule has 0 amide bonds. The van der Waals surface area contributed by atoms with Crippen molar-refractivity contribution in [2.45, 2.75) is 33.4 Å². The van der Waals surface area contributed by atoms with Crippen LogP contribution in [0, 0.1) is 6.92 Å². The number of aryl methyl sites for hydroxylation is 1. The number of nitrogens with one attached hydrogen (secondary N) is 1. The number of halogens is 1. The Labute approximate surface area is 135 Å². The molecule has 0 spiro atoms. The van der Waals surface area contributed by atoms with E-state index in [0.717, 1.165) is 29.7 Å². The number of rotatable bonds is 7. The van der Waals surface area contributed by atoms with Crippen LogP contribution in [0.15, 0.2) is 46.9 Å². The average Bonchev–Trinajstić information content (AvgIpc) is 2.49. The van der Waals surface area contributed by atoms with Gasteiger partial charge in [-0.2, -0.15) is 0 Å². The molecule has 0 aliphatic carbocycles. The molecule has 0 heterocycles. The van der Waals surface area contributed by atoms with Crippen LogP contribution in [0.4, 0.5) is 0 Å². The van der Waals surface area contributed by atoms with Crippen LogP contribution in [-0.2, 0) is 13.2 Å². The fraction of sp³-hybridized carbons (Fsp3) is 0.333.